The average Bonchev–Trinajstić information content (AvgIpc) is 2.94. The molecule has 1 aromatic heterocycles. The molecule has 2 aliphatic rings. The summed E-state index contributed by atoms with van der Waals surface area (Å²) in [6.07, 6.45) is 2.35. The highest BCUT2D eigenvalue weighted by Gasteiger charge is 2.36. The van der Waals surface area contributed by atoms with Crippen LogP contribution in [0.1, 0.15) is 63.8 Å². The van der Waals surface area contributed by atoms with Gasteiger partial charge in [0.25, 0.3) is 0 Å². The van der Waals surface area contributed by atoms with Crippen molar-refractivity contribution >= 4 is 29.9 Å². The van der Waals surface area contributed by atoms with Crippen molar-refractivity contribution in [3.8, 4) is 0 Å². The third-order valence-electron chi connectivity index (χ3n) is 7.42. The maximum atomic E-state index is 13.4. The van der Waals surface area contributed by atoms with Crippen LogP contribution in [0.5, 0.6) is 0 Å². The zero-order chi connectivity index (χ0) is 31.9. The summed E-state index contributed by atoms with van der Waals surface area (Å²) in [7, 11) is 0. The van der Waals surface area contributed by atoms with E-state index in [2.05, 4.69) is 10.6 Å². The van der Waals surface area contributed by atoms with Crippen LogP contribution in [-0.4, -0.2) is 60.4 Å². The van der Waals surface area contributed by atoms with Gasteiger partial charge in [-0.05, 0) is 95.0 Å². The minimum Gasteiger partial charge on any atom is -0.464 e. The minimum absolute atomic E-state index is 0.0971. The fourth-order valence-corrected chi connectivity index (χ4v) is 5.24. The van der Waals surface area contributed by atoms with Crippen LogP contribution in [0.25, 0.3) is 0 Å². The Balaban J connectivity index is 1.26. The molecule has 0 spiro atoms. The zero-order valence-corrected chi connectivity index (χ0v) is 25.7. The normalized spacial score (nSPS) is 18.2. The van der Waals surface area contributed by atoms with Crippen LogP contribution in [0.2, 0.25) is 0 Å². The second-order valence-corrected chi connectivity index (χ2v) is 12.2. The maximum Gasteiger partial charge on any atom is 0.416 e. The van der Waals surface area contributed by atoms with Crippen LogP contribution in [0, 0.1) is 17.7 Å². The van der Waals surface area contributed by atoms with Crippen molar-refractivity contribution in [1.82, 2.24) is 15.6 Å². The maximum absolute atomic E-state index is 13.4. The SMILES string of the molecule is CCOC(=O)[C@H](CNC(=O)C1CC(Cc2ccc3c(n2)N(C(=O)OC(C)(C)C)CCC3)C1)NC(=O)OCc1cccc(F)c1. The smallest absolute Gasteiger partial charge is 0.416 e. The lowest BCUT2D eigenvalue weighted by Gasteiger charge is -2.35. The molecule has 1 aromatic carbocycles. The van der Waals surface area contributed by atoms with Crippen molar-refractivity contribution in [3.63, 3.8) is 0 Å². The Labute approximate surface area is 256 Å². The number of ether oxygens (including phenoxy) is 3. The molecule has 11 nitrogen and oxygen atoms in total. The van der Waals surface area contributed by atoms with E-state index in [9.17, 15) is 23.6 Å². The van der Waals surface area contributed by atoms with Gasteiger partial charge >= 0.3 is 18.2 Å². The molecule has 0 bridgehead atoms. The fourth-order valence-electron chi connectivity index (χ4n) is 5.24. The fraction of sp³-hybridized carbons (Fsp3) is 0.531. The van der Waals surface area contributed by atoms with E-state index in [1.54, 1.807) is 17.9 Å². The van der Waals surface area contributed by atoms with Gasteiger partial charge in [-0.25, -0.2) is 23.8 Å². The number of anilines is 1. The van der Waals surface area contributed by atoms with E-state index in [0.29, 0.717) is 37.2 Å². The number of esters is 1. The van der Waals surface area contributed by atoms with Crippen molar-refractivity contribution in [2.75, 3.05) is 24.6 Å². The number of fused-ring (bicyclic) bond motifs is 1. The Bertz CT molecular complexity index is 1360. The van der Waals surface area contributed by atoms with Gasteiger partial charge in [0.15, 0.2) is 0 Å². The number of aromatic nitrogens is 1. The molecule has 4 rings (SSSR count). The highest BCUT2D eigenvalue weighted by Crippen LogP contribution is 2.37. The third kappa shape index (κ3) is 9.14. The van der Waals surface area contributed by atoms with Crippen LogP contribution in [0.4, 0.5) is 19.8 Å². The zero-order valence-electron chi connectivity index (χ0n) is 25.7. The van der Waals surface area contributed by atoms with Crippen LogP contribution in [-0.2, 0) is 43.2 Å². The summed E-state index contributed by atoms with van der Waals surface area (Å²) in [6, 6.07) is 8.46. The predicted molar refractivity (Wildman–Crippen MR) is 159 cm³/mol. The number of alkyl carbamates (subject to hydrolysis) is 1. The Morgan fingerprint density at radius 3 is 2.59 bits per heavy atom. The quantitative estimate of drug-likeness (QED) is 0.297. The number of rotatable bonds is 10. The summed E-state index contributed by atoms with van der Waals surface area (Å²) in [5, 5.41) is 5.16. The van der Waals surface area contributed by atoms with Crippen LogP contribution >= 0.6 is 0 Å². The van der Waals surface area contributed by atoms with E-state index in [1.165, 1.54) is 18.2 Å². The number of hydrogen-bond acceptors (Lipinski definition) is 8. The molecule has 1 fully saturated rings. The van der Waals surface area contributed by atoms with Crippen LogP contribution < -0.4 is 15.5 Å². The number of pyridine rings is 1. The highest BCUT2D eigenvalue weighted by atomic mass is 19.1. The number of nitrogens with zero attached hydrogens (tertiary/aromatic N) is 2. The third-order valence-corrected chi connectivity index (χ3v) is 7.42. The molecule has 1 atom stereocenters. The second-order valence-electron chi connectivity index (χ2n) is 12.2. The Kier molecular flexibility index (Phi) is 10.8. The molecule has 238 valence electrons. The van der Waals surface area contributed by atoms with E-state index < -0.39 is 35.6 Å². The molecule has 1 aliphatic carbocycles. The Morgan fingerprint density at radius 2 is 1.89 bits per heavy atom. The first-order valence-corrected chi connectivity index (χ1v) is 15.0. The van der Waals surface area contributed by atoms with E-state index in [0.717, 1.165) is 24.1 Å². The molecule has 1 aliphatic heterocycles. The summed E-state index contributed by atoms with van der Waals surface area (Å²) < 4.78 is 29.1. The molecular weight excluding hydrogens is 571 g/mol. The second kappa shape index (κ2) is 14.5. The molecule has 0 unspecified atom stereocenters. The van der Waals surface area contributed by atoms with Crippen molar-refractivity contribution in [3.05, 3.63) is 59.0 Å². The number of amides is 3. The monoisotopic (exact) mass is 612 g/mol. The largest absolute Gasteiger partial charge is 0.464 e. The molecule has 2 N–H and O–H groups in total. The van der Waals surface area contributed by atoms with Gasteiger partial charge in [0, 0.05) is 24.7 Å². The van der Waals surface area contributed by atoms with Gasteiger partial charge in [-0.1, -0.05) is 18.2 Å². The van der Waals surface area contributed by atoms with E-state index in [-0.39, 0.29) is 37.5 Å². The predicted octanol–water partition coefficient (Wildman–Crippen LogP) is 4.45. The van der Waals surface area contributed by atoms with E-state index in [4.69, 9.17) is 19.2 Å². The van der Waals surface area contributed by atoms with Gasteiger partial charge < -0.3 is 24.8 Å². The lowest BCUT2D eigenvalue weighted by molar-refractivity contribution is -0.145. The van der Waals surface area contributed by atoms with Crippen molar-refractivity contribution in [2.45, 2.75) is 78.0 Å². The first-order valence-electron chi connectivity index (χ1n) is 15.0. The number of nitrogens with one attached hydrogen (secondary N) is 2. The number of carbonyl (C=O) groups is 4. The molecule has 2 aromatic rings. The van der Waals surface area contributed by atoms with Gasteiger partial charge in [-0.15, -0.1) is 0 Å². The average molecular weight is 613 g/mol. The molecule has 44 heavy (non-hydrogen) atoms. The number of halogens is 1. The summed E-state index contributed by atoms with van der Waals surface area (Å²) in [4.78, 5) is 56.8. The molecule has 1 saturated carbocycles. The summed E-state index contributed by atoms with van der Waals surface area (Å²) >= 11 is 0. The highest BCUT2D eigenvalue weighted by molar-refractivity contribution is 5.88. The van der Waals surface area contributed by atoms with Gasteiger partial charge in [0.2, 0.25) is 5.91 Å². The Morgan fingerprint density at radius 1 is 1.11 bits per heavy atom. The van der Waals surface area contributed by atoms with Crippen LogP contribution in [0.15, 0.2) is 36.4 Å². The van der Waals surface area contributed by atoms with Gasteiger partial charge in [0.05, 0.1) is 6.61 Å². The lowest BCUT2D eigenvalue weighted by Crippen LogP contribution is -2.51. The van der Waals surface area contributed by atoms with Gasteiger partial charge in [-0.3, -0.25) is 9.69 Å². The van der Waals surface area contributed by atoms with Crippen LogP contribution in [0.3, 0.4) is 0 Å². The summed E-state index contributed by atoms with van der Waals surface area (Å²) in [5.74, 6) is -0.740. The number of hydrogen-bond donors (Lipinski definition) is 2. The topological polar surface area (TPSA) is 136 Å². The molecule has 12 heteroatoms. The standard InChI is InChI=1S/C32H41FN4O7/c1-5-42-29(39)26(36-30(40)43-19-20-8-6-10-24(33)16-20)18-34-28(38)23-14-21(15-23)17-25-12-11-22-9-7-13-37(27(22)35-25)31(41)44-32(2,3)4/h6,8,10-12,16,21,23,26H,5,7,9,13-15,17-19H2,1-4H3,(H,34,38)(H,36,40)/t21?,23?,26-/m0/s1. The summed E-state index contributed by atoms with van der Waals surface area (Å²) in [5.41, 5.74) is 1.71. The molecule has 2 heterocycles. The number of benzene rings is 1. The molecule has 0 radical (unpaired) electrons. The Hall–Kier alpha value is -4.22. The number of aryl methyl sites for hydroxylation is 1. The lowest BCUT2D eigenvalue weighted by atomic mass is 9.72. The molecule has 3 amide bonds. The van der Waals surface area contributed by atoms with Crippen molar-refractivity contribution in [1.29, 1.82) is 0 Å². The first kappa shape index (κ1) is 32.7. The van der Waals surface area contributed by atoms with Gasteiger partial charge in [0.1, 0.15) is 29.9 Å². The van der Waals surface area contributed by atoms with Crippen molar-refractivity contribution in [2.24, 2.45) is 11.8 Å². The van der Waals surface area contributed by atoms with Crippen molar-refractivity contribution < 1.29 is 37.8 Å². The number of carbonyl (C=O) groups excluding carboxylic acids is 4. The van der Waals surface area contributed by atoms with E-state index in [1.807, 2.05) is 32.9 Å². The van der Waals surface area contributed by atoms with Gasteiger partial charge in [-0.2, -0.15) is 0 Å². The summed E-state index contributed by atoms with van der Waals surface area (Å²) in [6.45, 7) is 7.44. The minimum atomic E-state index is -1.15. The van der Waals surface area contributed by atoms with E-state index >= 15 is 0 Å². The molecular formula is C32H41FN4O7. The molecule has 0 saturated heterocycles. The first-order chi connectivity index (χ1) is 20.9.